The van der Waals surface area contributed by atoms with E-state index in [4.69, 9.17) is 4.74 Å². The number of hydrogen-bond donors (Lipinski definition) is 2. The monoisotopic (exact) mass is 270 g/mol. The van der Waals surface area contributed by atoms with E-state index >= 15 is 0 Å². The van der Waals surface area contributed by atoms with Crippen LogP contribution in [0.1, 0.15) is 64.7 Å². The second-order valence-electron chi connectivity index (χ2n) is 5.06. The summed E-state index contributed by atoms with van der Waals surface area (Å²) in [5.74, 6) is -0.365. The van der Waals surface area contributed by atoms with Crippen LogP contribution in [0, 0.1) is 0 Å². The number of amides is 2. The molecule has 0 saturated carbocycles. The topological polar surface area (TPSA) is 67.4 Å². The van der Waals surface area contributed by atoms with Crippen molar-refractivity contribution in [2.45, 2.75) is 70.8 Å². The van der Waals surface area contributed by atoms with Crippen molar-refractivity contribution in [3.63, 3.8) is 0 Å². The zero-order valence-corrected chi connectivity index (χ0v) is 11.9. The Morgan fingerprint density at radius 3 is 2.53 bits per heavy atom. The second kappa shape index (κ2) is 9.78. The number of carbonyl (C=O) groups is 2. The zero-order valence-electron chi connectivity index (χ0n) is 11.9. The minimum atomic E-state index is -0.394. The van der Waals surface area contributed by atoms with Gasteiger partial charge in [-0.15, -0.1) is 0 Å². The van der Waals surface area contributed by atoms with Crippen LogP contribution in [0.2, 0.25) is 0 Å². The molecule has 1 unspecified atom stereocenters. The fourth-order valence-electron chi connectivity index (χ4n) is 2.12. The van der Waals surface area contributed by atoms with Gasteiger partial charge in [-0.25, -0.2) is 0 Å². The molecule has 110 valence electrons. The van der Waals surface area contributed by atoms with E-state index in [2.05, 4.69) is 17.8 Å². The fourth-order valence-corrected chi connectivity index (χ4v) is 2.12. The van der Waals surface area contributed by atoms with Gasteiger partial charge in [-0.3, -0.25) is 20.4 Å². The molecule has 1 heterocycles. The lowest BCUT2D eigenvalue weighted by molar-refractivity contribution is -0.134. The van der Waals surface area contributed by atoms with Gasteiger partial charge in [0.05, 0.1) is 0 Å². The van der Waals surface area contributed by atoms with Crippen molar-refractivity contribution in [3.8, 4) is 0 Å². The first-order chi connectivity index (χ1) is 9.24. The predicted molar refractivity (Wildman–Crippen MR) is 73.3 cm³/mol. The predicted octanol–water partition coefficient (Wildman–Crippen LogP) is 2.06. The largest absolute Gasteiger partial charge is 0.368 e. The molecule has 1 aliphatic heterocycles. The molecule has 0 spiro atoms. The molecule has 1 saturated heterocycles. The lowest BCUT2D eigenvalue weighted by Gasteiger charge is -2.11. The average Bonchev–Trinajstić information content (AvgIpc) is 2.94. The van der Waals surface area contributed by atoms with Crippen molar-refractivity contribution in [1.29, 1.82) is 0 Å². The fraction of sp³-hybridized carbons (Fsp3) is 0.857. The summed E-state index contributed by atoms with van der Waals surface area (Å²) >= 11 is 0. The SMILES string of the molecule is CCCCCCCCC(=O)NNC(=O)C1CCCO1. The first-order valence-electron chi connectivity index (χ1n) is 7.44. The van der Waals surface area contributed by atoms with Crippen LogP contribution in [-0.4, -0.2) is 24.5 Å². The normalized spacial score (nSPS) is 18.3. The van der Waals surface area contributed by atoms with Crippen molar-refractivity contribution in [2.75, 3.05) is 6.61 Å². The van der Waals surface area contributed by atoms with Crippen LogP contribution in [-0.2, 0) is 14.3 Å². The molecule has 2 N–H and O–H groups in total. The summed E-state index contributed by atoms with van der Waals surface area (Å²) in [6.45, 7) is 2.81. The highest BCUT2D eigenvalue weighted by Gasteiger charge is 2.23. The van der Waals surface area contributed by atoms with E-state index in [9.17, 15) is 9.59 Å². The van der Waals surface area contributed by atoms with E-state index < -0.39 is 6.10 Å². The van der Waals surface area contributed by atoms with Crippen molar-refractivity contribution < 1.29 is 14.3 Å². The molecular weight excluding hydrogens is 244 g/mol. The van der Waals surface area contributed by atoms with Crippen LogP contribution < -0.4 is 10.9 Å². The standard InChI is InChI=1S/C14H26N2O3/c1-2-3-4-5-6-7-10-13(17)15-16-14(18)12-9-8-11-19-12/h12H,2-11H2,1H3,(H,15,17)(H,16,18). The third-order valence-corrected chi connectivity index (χ3v) is 3.30. The van der Waals surface area contributed by atoms with Gasteiger partial charge < -0.3 is 4.74 Å². The minimum absolute atomic E-state index is 0.123. The van der Waals surface area contributed by atoms with E-state index in [1.54, 1.807) is 0 Å². The Kier molecular flexibility index (Phi) is 8.21. The van der Waals surface area contributed by atoms with Gasteiger partial charge in [-0.05, 0) is 19.3 Å². The molecule has 0 radical (unpaired) electrons. The van der Waals surface area contributed by atoms with Crippen LogP contribution >= 0.6 is 0 Å². The maximum absolute atomic E-state index is 11.5. The maximum atomic E-state index is 11.5. The first kappa shape index (κ1) is 16.0. The lowest BCUT2D eigenvalue weighted by atomic mass is 10.1. The number of hydrazine groups is 1. The van der Waals surface area contributed by atoms with E-state index in [-0.39, 0.29) is 11.8 Å². The summed E-state index contributed by atoms with van der Waals surface area (Å²) in [4.78, 5) is 23.0. The number of unbranched alkanes of at least 4 members (excludes halogenated alkanes) is 5. The molecule has 1 aliphatic rings. The van der Waals surface area contributed by atoms with Gasteiger partial charge in [-0.2, -0.15) is 0 Å². The zero-order chi connectivity index (χ0) is 13.9. The van der Waals surface area contributed by atoms with Crippen LogP contribution in [0.15, 0.2) is 0 Å². The van der Waals surface area contributed by atoms with Crippen LogP contribution in [0.25, 0.3) is 0 Å². The molecule has 19 heavy (non-hydrogen) atoms. The first-order valence-corrected chi connectivity index (χ1v) is 7.44. The summed E-state index contributed by atoms with van der Waals surface area (Å²) in [5, 5.41) is 0. The molecule has 1 rings (SSSR count). The van der Waals surface area contributed by atoms with Crippen molar-refractivity contribution in [2.24, 2.45) is 0 Å². The van der Waals surface area contributed by atoms with Gasteiger partial charge in [0.15, 0.2) is 0 Å². The molecule has 0 aromatic rings. The van der Waals surface area contributed by atoms with Gasteiger partial charge >= 0.3 is 0 Å². The molecule has 0 bridgehead atoms. The molecule has 5 heteroatoms. The number of carbonyl (C=O) groups excluding carboxylic acids is 2. The average molecular weight is 270 g/mol. The van der Waals surface area contributed by atoms with Crippen molar-refractivity contribution in [3.05, 3.63) is 0 Å². The van der Waals surface area contributed by atoms with Crippen LogP contribution in [0.3, 0.4) is 0 Å². The highest BCUT2D eigenvalue weighted by atomic mass is 16.5. The second-order valence-corrected chi connectivity index (χ2v) is 5.06. The van der Waals surface area contributed by atoms with Crippen molar-refractivity contribution in [1.82, 2.24) is 10.9 Å². The maximum Gasteiger partial charge on any atom is 0.267 e. The van der Waals surface area contributed by atoms with E-state index in [1.165, 1.54) is 25.7 Å². The Bertz CT molecular complexity index is 276. The smallest absolute Gasteiger partial charge is 0.267 e. The van der Waals surface area contributed by atoms with E-state index in [0.717, 1.165) is 25.7 Å². The summed E-state index contributed by atoms with van der Waals surface area (Å²) < 4.78 is 5.22. The molecule has 0 aromatic carbocycles. The van der Waals surface area contributed by atoms with Crippen LogP contribution in [0.5, 0.6) is 0 Å². The number of hydrogen-bond acceptors (Lipinski definition) is 3. The quantitative estimate of drug-likeness (QED) is 0.524. The summed E-state index contributed by atoms with van der Waals surface area (Å²) in [6.07, 6.45) is 8.60. The Labute approximate surface area is 115 Å². The third kappa shape index (κ3) is 7.15. The van der Waals surface area contributed by atoms with Gasteiger partial charge in [0.1, 0.15) is 6.10 Å². The number of rotatable bonds is 8. The molecular formula is C14H26N2O3. The van der Waals surface area contributed by atoms with Gasteiger partial charge in [0.25, 0.3) is 5.91 Å². The third-order valence-electron chi connectivity index (χ3n) is 3.30. The van der Waals surface area contributed by atoms with Crippen LogP contribution in [0.4, 0.5) is 0 Å². The summed E-state index contributed by atoms with van der Waals surface area (Å²) in [6, 6.07) is 0. The summed E-state index contributed by atoms with van der Waals surface area (Å²) in [5.41, 5.74) is 4.87. The highest BCUT2D eigenvalue weighted by molar-refractivity contribution is 5.84. The molecule has 1 atom stereocenters. The molecule has 5 nitrogen and oxygen atoms in total. The molecule has 0 aliphatic carbocycles. The number of nitrogens with one attached hydrogen (secondary N) is 2. The van der Waals surface area contributed by atoms with E-state index in [0.29, 0.717) is 13.0 Å². The number of ether oxygens (including phenoxy) is 1. The van der Waals surface area contributed by atoms with Gasteiger partial charge in [-0.1, -0.05) is 39.0 Å². The Balaban J connectivity index is 1.96. The molecule has 2 amide bonds. The minimum Gasteiger partial charge on any atom is -0.368 e. The Morgan fingerprint density at radius 1 is 1.11 bits per heavy atom. The Hall–Kier alpha value is -1.10. The van der Waals surface area contributed by atoms with Crippen molar-refractivity contribution >= 4 is 11.8 Å². The Morgan fingerprint density at radius 2 is 1.84 bits per heavy atom. The summed E-state index contributed by atoms with van der Waals surface area (Å²) in [7, 11) is 0. The highest BCUT2D eigenvalue weighted by Crippen LogP contribution is 2.11. The van der Waals surface area contributed by atoms with E-state index in [1.807, 2.05) is 0 Å². The van der Waals surface area contributed by atoms with Gasteiger partial charge in [0, 0.05) is 13.0 Å². The molecule has 1 fully saturated rings. The van der Waals surface area contributed by atoms with Gasteiger partial charge in [0.2, 0.25) is 5.91 Å². The lowest BCUT2D eigenvalue weighted by Crippen LogP contribution is -2.46. The molecule has 0 aromatic heterocycles.